The van der Waals surface area contributed by atoms with Crippen LogP contribution in [0.1, 0.15) is 13.8 Å². The van der Waals surface area contributed by atoms with Crippen LogP contribution in [0, 0.1) is 10.1 Å². The molecule has 1 aliphatic heterocycles. The van der Waals surface area contributed by atoms with Crippen molar-refractivity contribution in [1.82, 2.24) is 15.1 Å². The van der Waals surface area contributed by atoms with E-state index in [1.54, 1.807) is 42.3 Å². The maximum atomic E-state index is 13.4. The molecule has 0 aliphatic carbocycles. The zero-order chi connectivity index (χ0) is 25.1. The van der Waals surface area contributed by atoms with Crippen molar-refractivity contribution in [1.29, 1.82) is 0 Å². The molecule has 1 amide bonds. The van der Waals surface area contributed by atoms with Gasteiger partial charge >= 0.3 is 0 Å². The van der Waals surface area contributed by atoms with Gasteiger partial charge in [0.15, 0.2) is 0 Å². The number of amides is 1. The first kappa shape index (κ1) is 23.7. The minimum absolute atomic E-state index is 0.0139. The van der Waals surface area contributed by atoms with Crippen LogP contribution < -0.4 is 25.8 Å². The number of nitro benzene ring substituents is 1. The molecule has 11 nitrogen and oxygen atoms in total. The minimum Gasteiger partial charge on any atom is -0.497 e. The monoisotopic (exact) mass is 478 g/mol. The largest absolute Gasteiger partial charge is 0.497 e. The van der Waals surface area contributed by atoms with Crippen molar-refractivity contribution in [3.8, 4) is 22.7 Å². The molecule has 0 bridgehead atoms. The molecule has 1 fully saturated rings. The van der Waals surface area contributed by atoms with Gasteiger partial charge in [-0.15, -0.1) is 0 Å². The summed E-state index contributed by atoms with van der Waals surface area (Å²) >= 11 is 0. The molecule has 0 spiro atoms. The molecule has 0 saturated carbocycles. The Kier molecular flexibility index (Phi) is 6.67. The van der Waals surface area contributed by atoms with Crippen molar-refractivity contribution in [3.63, 3.8) is 0 Å². The maximum Gasteiger partial charge on any atom is 0.295 e. The summed E-state index contributed by atoms with van der Waals surface area (Å²) < 4.78 is 6.36. The Hall–Kier alpha value is -4.41. The zero-order valence-electron chi connectivity index (χ0n) is 19.6. The van der Waals surface area contributed by atoms with Gasteiger partial charge in [-0.2, -0.15) is 9.78 Å². The second-order valence-electron chi connectivity index (χ2n) is 8.39. The van der Waals surface area contributed by atoms with Gasteiger partial charge in [-0.1, -0.05) is 12.1 Å². The number of piperazine rings is 1. The third-order valence-corrected chi connectivity index (χ3v) is 5.51. The average molecular weight is 479 g/mol. The lowest BCUT2D eigenvalue weighted by Gasteiger charge is -2.28. The molecule has 35 heavy (non-hydrogen) atoms. The zero-order valence-corrected chi connectivity index (χ0v) is 19.6. The van der Waals surface area contributed by atoms with Crippen LogP contribution in [-0.4, -0.2) is 53.4 Å². The number of rotatable bonds is 7. The van der Waals surface area contributed by atoms with Crippen molar-refractivity contribution in [2.75, 3.05) is 37.0 Å². The molecule has 182 valence electrons. The Morgan fingerprint density at radius 3 is 2.66 bits per heavy atom. The molecule has 2 aromatic carbocycles. The number of nitrogens with one attached hydrogen (secondary N) is 2. The fourth-order valence-corrected chi connectivity index (χ4v) is 3.89. The third kappa shape index (κ3) is 5.08. The summed E-state index contributed by atoms with van der Waals surface area (Å²) in [6, 6.07) is 13.2. The van der Waals surface area contributed by atoms with Crippen molar-refractivity contribution in [2.45, 2.75) is 19.9 Å². The molecule has 1 saturated heterocycles. The number of carbonyl (C=O) groups is 1. The van der Waals surface area contributed by atoms with Gasteiger partial charge in [-0.05, 0) is 44.2 Å². The fourth-order valence-electron chi connectivity index (χ4n) is 3.89. The number of hydrogen-bond donors (Lipinski definition) is 2. The van der Waals surface area contributed by atoms with Gasteiger partial charge in [-0.25, -0.2) is 0 Å². The summed E-state index contributed by atoms with van der Waals surface area (Å²) in [6.45, 7) is 4.88. The minimum atomic E-state index is -0.552. The van der Waals surface area contributed by atoms with E-state index in [0.717, 1.165) is 4.68 Å². The van der Waals surface area contributed by atoms with Crippen LogP contribution in [0.2, 0.25) is 0 Å². The Balaban J connectivity index is 1.93. The lowest BCUT2D eigenvalue weighted by Crippen LogP contribution is -2.47. The van der Waals surface area contributed by atoms with Crippen molar-refractivity contribution in [3.05, 3.63) is 69.0 Å². The molecule has 0 unspecified atom stereocenters. The van der Waals surface area contributed by atoms with Crippen LogP contribution in [-0.2, 0) is 4.79 Å². The van der Waals surface area contributed by atoms with Gasteiger partial charge in [0.2, 0.25) is 5.91 Å². The fraction of sp³-hybridized carbons (Fsp3) is 0.292. The van der Waals surface area contributed by atoms with Crippen molar-refractivity contribution < 1.29 is 14.5 Å². The molecular weight excluding hydrogens is 452 g/mol. The molecule has 11 heteroatoms. The molecule has 3 aromatic rings. The Morgan fingerprint density at radius 2 is 1.97 bits per heavy atom. The van der Waals surface area contributed by atoms with E-state index < -0.39 is 10.5 Å². The number of ether oxygens (including phenoxy) is 1. The summed E-state index contributed by atoms with van der Waals surface area (Å²) in [5, 5.41) is 22.3. The number of nitro groups is 1. The van der Waals surface area contributed by atoms with Crippen LogP contribution in [0.15, 0.2) is 53.3 Å². The number of benzene rings is 2. The molecule has 0 radical (unpaired) electrons. The molecule has 2 N–H and O–H groups in total. The second kappa shape index (κ2) is 9.84. The van der Waals surface area contributed by atoms with E-state index in [1.165, 1.54) is 12.1 Å². The number of methoxy groups -OCH3 is 1. The Labute approximate surface area is 201 Å². The van der Waals surface area contributed by atoms with Crippen LogP contribution in [0.3, 0.4) is 0 Å². The SMILES string of the molecule is COc1cccc(-c2cc(NC(C)C)c(=O)n(-c3cc(N4CCNC(=O)C4)ccc3[N+](=O)[O-])n2)c1. The van der Waals surface area contributed by atoms with Crippen LogP contribution >= 0.6 is 0 Å². The topological polar surface area (TPSA) is 132 Å². The summed E-state index contributed by atoms with van der Waals surface area (Å²) in [4.78, 5) is 38.5. The van der Waals surface area contributed by atoms with E-state index in [1.807, 2.05) is 19.9 Å². The predicted octanol–water partition coefficient (Wildman–Crippen LogP) is 2.57. The molecule has 1 aliphatic rings. The highest BCUT2D eigenvalue weighted by Gasteiger charge is 2.24. The standard InChI is InChI=1S/C24H26N6O5/c1-15(2)26-20-13-19(16-5-4-6-18(11-16)35-3)27-29(24(20)32)22-12-17(7-8-21(22)30(33)34)28-10-9-25-23(31)14-28/h4-8,11-13,15,26H,9-10,14H2,1-3H3,(H,25,31). The van der Waals surface area contributed by atoms with Gasteiger partial charge in [0.05, 0.1) is 24.3 Å². The van der Waals surface area contributed by atoms with Gasteiger partial charge < -0.3 is 20.3 Å². The van der Waals surface area contributed by atoms with Gasteiger partial charge in [0, 0.05) is 36.4 Å². The number of hydrogen-bond acceptors (Lipinski definition) is 8. The smallest absolute Gasteiger partial charge is 0.295 e. The average Bonchev–Trinajstić information content (AvgIpc) is 2.84. The first-order valence-corrected chi connectivity index (χ1v) is 11.1. The molecule has 2 heterocycles. The lowest BCUT2D eigenvalue weighted by molar-refractivity contribution is -0.384. The number of nitrogens with zero attached hydrogens (tertiary/aromatic N) is 4. The Morgan fingerprint density at radius 1 is 1.17 bits per heavy atom. The molecular formula is C24H26N6O5. The summed E-state index contributed by atoms with van der Waals surface area (Å²) in [5.41, 5.74) is 1.16. The van der Waals surface area contributed by atoms with Gasteiger partial charge in [0.1, 0.15) is 17.1 Å². The quantitative estimate of drug-likeness (QED) is 0.391. The van der Waals surface area contributed by atoms with E-state index in [0.29, 0.717) is 35.8 Å². The van der Waals surface area contributed by atoms with Gasteiger partial charge in [-0.3, -0.25) is 19.7 Å². The number of aromatic nitrogens is 2. The molecule has 1 aromatic heterocycles. The maximum absolute atomic E-state index is 13.4. The van der Waals surface area contributed by atoms with E-state index >= 15 is 0 Å². The van der Waals surface area contributed by atoms with Crippen LogP contribution in [0.5, 0.6) is 5.75 Å². The summed E-state index contributed by atoms with van der Waals surface area (Å²) in [6.07, 6.45) is 0. The predicted molar refractivity (Wildman–Crippen MR) is 132 cm³/mol. The summed E-state index contributed by atoms with van der Waals surface area (Å²) in [7, 11) is 1.55. The van der Waals surface area contributed by atoms with E-state index in [4.69, 9.17) is 4.74 Å². The second-order valence-corrected chi connectivity index (χ2v) is 8.39. The van der Waals surface area contributed by atoms with Gasteiger partial charge in [0.25, 0.3) is 11.2 Å². The first-order chi connectivity index (χ1) is 16.8. The van der Waals surface area contributed by atoms with E-state index in [-0.39, 0.29) is 35.6 Å². The highest BCUT2D eigenvalue weighted by atomic mass is 16.6. The van der Waals surface area contributed by atoms with Crippen molar-refractivity contribution in [2.24, 2.45) is 0 Å². The van der Waals surface area contributed by atoms with Crippen LogP contribution in [0.25, 0.3) is 16.9 Å². The van der Waals surface area contributed by atoms with Crippen LogP contribution in [0.4, 0.5) is 17.1 Å². The first-order valence-electron chi connectivity index (χ1n) is 11.1. The normalized spacial score (nSPS) is 13.5. The summed E-state index contributed by atoms with van der Waals surface area (Å²) in [5.74, 6) is 0.464. The molecule has 4 rings (SSSR count). The van der Waals surface area contributed by atoms with Crippen molar-refractivity contribution >= 4 is 23.0 Å². The van der Waals surface area contributed by atoms with E-state index in [9.17, 15) is 19.7 Å². The Bertz CT molecular complexity index is 1340. The highest BCUT2D eigenvalue weighted by molar-refractivity contribution is 5.83. The number of anilines is 2. The lowest BCUT2D eigenvalue weighted by atomic mass is 10.1. The third-order valence-electron chi connectivity index (χ3n) is 5.51. The highest BCUT2D eigenvalue weighted by Crippen LogP contribution is 2.29. The molecule has 0 atom stereocenters. The van der Waals surface area contributed by atoms with E-state index in [2.05, 4.69) is 15.7 Å². The number of carbonyl (C=O) groups excluding carboxylic acids is 1.